The normalized spacial score (nSPS) is 16.8. The molecule has 0 aliphatic heterocycles. The first-order valence-corrected chi connectivity index (χ1v) is 6.51. The van der Waals surface area contributed by atoms with Crippen LogP contribution in [0.3, 0.4) is 0 Å². The van der Waals surface area contributed by atoms with E-state index in [1.807, 2.05) is 0 Å². The molecule has 0 bridgehead atoms. The van der Waals surface area contributed by atoms with Crippen LogP contribution in [0.1, 0.15) is 38.2 Å². The van der Waals surface area contributed by atoms with Gasteiger partial charge in [0.2, 0.25) is 0 Å². The first-order valence-electron chi connectivity index (χ1n) is 6.51. The Bertz CT molecular complexity index is 376. The van der Waals surface area contributed by atoms with Gasteiger partial charge in [0.15, 0.2) is 0 Å². The van der Waals surface area contributed by atoms with Crippen LogP contribution < -0.4 is 0 Å². The van der Waals surface area contributed by atoms with E-state index in [0.717, 1.165) is 13.0 Å². The number of hydrogen-bond donors (Lipinski definition) is 0. The Morgan fingerprint density at radius 2 is 2.06 bits per heavy atom. The van der Waals surface area contributed by atoms with Crippen molar-refractivity contribution in [3.63, 3.8) is 0 Å². The van der Waals surface area contributed by atoms with Crippen LogP contribution in [-0.2, 0) is 6.54 Å². The van der Waals surface area contributed by atoms with E-state index in [1.54, 1.807) is 0 Å². The third kappa shape index (κ3) is 3.31. The average molecular weight is 228 g/mol. The van der Waals surface area contributed by atoms with Crippen LogP contribution >= 0.6 is 0 Å². The SMILES string of the molecule is CCC(CC#N)N(Cc1ccccc1)C1CC1. The molecule has 1 aliphatic rings. The fourth-order valence-electron chi connectivity index (χ4n) is 2.36. The van der Waals surface area contributed by atoms with Crippen molar-refractivity contribution in [2.24, 2.45) is 0 Å². The lowest BCUT2D eigenvalue weighted by Crippen LogP contribution is -2.36. The Hall–Kier alpha value is -1.33. The van der Waals surface area contributed by atoms with Crippen LogP contribution in [0.5, 0.6) is 0 Å². The van der Waals surface area contributed by atoms with Gasteiger partial charge >= 0.3 is 0 Å². The lowest BCUT2D eigenvalue weighted by atomic mass is 10.1. The number of nitriles is 1. The first kappa shape index (κ1) is 12.1. The Balaban J connectivity index is 2.04. The van der Waals surface area contributed by atoms with Crippen molar-refractivity contribution in [1.82, 2.24) is 4.90 Å². The van der Waals surface area contributed by atoms with Crippen LogP contribution in [-0.4, -0.2) is 17.0 Å². The van der Waals surface area contributed by atoms with Crippen molar-refractivity contribution >= 4 is 0 Å². The molecule has 0 radical (unpaired) electrons. The summed E-state index contributed by atoms with van der Waals surface area (Å²) in [6, 6.07) is 14.0. The zero-order valence-corrected chi connectivity index (χ0v) is 10.5. The summed E-state index contributed by atoms with van der Waals surface area (Å²) in [5, 5.41) is 8.91. The van der Waals surface area contributed by atoms with E-state index < -0.39 is 0 Å². The van der Waals surface area contributed by atoms with Crippen molar-refractivity contribution in [1.29, 1.82) is 5.26 Å². The lowest BCUT2D eigenvalue weighted by molar-refractivity contribution is 0.174. The minimum atomic E-state index is 0.424. The highest BCUT2D eigenvalue weighted by molar-refractivity contribution is 5.15. The summed E-state index contributed by atoms with van der Waals surface area (Å²) in [4.78, 5) is 2.53. The zero-order chi connectivity index (χ0) is 12.1. The maximum absolute atomic E-state index is 8.91. The van der Waals surface area contributed by atoms with Crippen molar-refractivity contribution in [3.8, 4) is 6.07 Å². The predicted octanol–water partition coefficient (Wildman–Crippen LogP) is 3.34. The summed E-state index contributed by atoms with van der Waals surface area (Å²) in [7, 11) is 0. The van der Waals surface area contributed by atoms with Crippen LogP contribution in [0.4, 0.5) is 0 Å². The maximum atomic E-state index is 8.91. The first-order chi connectivity index (χ1) is 8.35. The molecule has 2 rings (SSSR count). The quantitative estimate of drug-likeness (QED) is 0.746. The summed E-state index contributed by atoms with van der Waals surface area (Å²) >= 11 is 0. The molecule has 1 fully saturated rings. The molecule has 0 heterocycles. The molecule has 0 N–H and O–H groups in total. The highest BCUT2D eigenvalue weighted by atomic mass is 15.2. The fourth-order valence-corrected chi connectivity index (χ4v) is 2.36. The highest BCUT2D eigenvalue weighted by Gasteiger charge is 2.32. The third-order valence-corrected chi connectivity index (χ3v) is 3.49. The van der Waals surface area contributed by atoms with Crippen molar-refractivity contribution < 1.29 is 0 Å². The average Bonchev–Trinajstić information content (AvgIpc) is 3.19. The summed E-state index contributed by atoms with van der Waals surface area (Å²) < 4.78 is 0. The summed E-state index contributed by atoms with van der Waals surface area (Å²) in [6.07, 6.45) is 4.32. The molecule has 2 heteroatoms. The van der Waals surface area contributed by atoms with Gasteiger partial charge in [-0.1, -0.05) is 37.3 Å². The van der Waals surface area contributed by atoms with Gasteiger partial charge < -0.3 is 0 Å². The van der Waals surface area contributed by atoms with E-state index in [4.69, 9.17) is 5.26 Å². The van der Waals surface area contributed by atoms with Crippen molar-refractivity contribution in [3.05, 3.63) is 35.9 Å². The van der Waals surface area contributed by atoms with Gasteiger partial charge in [-0.05, 0) is 24.8 Å². The van der Waals surface area contributed by atoms with Gasteiger partial charge in [0.1, 0.15) is 0 Å². The topological polar surface area (TPSA) is 27.0 Å². The number of hydrogen-bond acceptors (Lipinski definition) is 2. The van der Waals surface area contributed by atoms with Crippen molar-refractivity contribution in [2.75, 3.05) is 0 Å². The molecule has 1 aromatic carbocycles. The van der Waals surface area contributed by atoms with Gasteiger partial charge in [-0.2, -0.15) is 5.26 Å². The standard InChI is InChI=1S/C15H20N2/c1-2-14(10-11-16)17(15-8-9-15)12-13-6-4-3-5-7-13/h3-7,14-15H,2,8-10,12H2,1H3. The molecule has 0 spiro atoms. The lowest BCUT2D eigenvalue weighted by Gasteiger charge is -2.29. The smallest absolute Gasteiger partial charge is 0.0638 e. The van der Waals surface area contributed by atoms with Crippen LogP contribution in [0.2, 0.25) is 0 Å². The second kappa shape index (κ2) is 5.84. The molecule has 0 amide bonds. The van der Waals surface area contributed by atoms with Gasteiger partial charge in [-0.15, -0.1) is 0 Å². The van der Waals surface area contributed by atoms with E-state index in [9.17, 15) is 0 Å². The molecular formula is C15H20N2. The van der Waals surface area contributed by atoms with Crippen LogP contribution in [0.15, 0.2) is 30.3 Å². The Labute approximate surface area is 104 Å². The Morgan fingerprint density at radius 1 is 1.35 bits per heavy atom. The van der Waals surface area contributed by atoms with Gasteiger partial charge in [0.05, 0.1) is 12.5 Å². The number of rotatable bonds is 6. The van der Waals surface area contributed by atoms with E-state index in [-0.39, 0.29) is 0 Å². The Morgan fingerprint density at radius 3 is 2.59 bits per heavy atom. The maximum Gasteiger partial charge on any atom is 0.0638 e. The summed E-state index contributed by atoms with van der Waals surface area (Å²) in [5.41, 5.74) is 1.36. The minimum Gasteiger partial charge on any atom is -0.292 e. The van der Waals surface area contributed by atoms with E-state index >= 15 is 0 Å². The minimum absolute atomic E-state index is 0.424. The van der Waals surface area contributed by atoms with E-state index in [1.165, 1.54) is 18.4 Å². The Kier molecular flexibility index (Phi) is 4.17. The molecular weight excluding hydrogens is 208 g/mol. The second-order valence-electron chi connectivity index (χ2n) is 4.81. The monoisotopic (exact) mass is 228 g/mol. The van der Waals surface area contributed by atoms with E-state index in [2.05, 4.69) is 48.2 Å². The molecule has 1 atom stereocenters. The largest absolute Gasteiger partial charge is 0.292 e. The number of nitrogens with zero attached hydrogens (tertiary/aromatic N) is 2. The predicted molar refractivity (Wildman–Crippen MR) is 69.3 cm³/mol. The van der Waals surface area contributed by atoms with Crippen LogP contribution in [0.25, 0.3) is 0 Å². The molecule has 0 aromatic heterocycles. The molecule has 17 heavy (non-hydrogen) atoms. The third-order valence-electron chi connectivity index (χ3n) is 3.49. The van der Waals surface area contributed by atoms with Gasteiger partial charge in [-0.3, -0.25) is 4.90 Å². The van der Waals surface area contributed by atoms with Gasteiger partial charge in [0, 0.05) is 18.6 Å². The van der Waals surface area contributed by atoms with E-state index in [0.29, 0.717) is 18.5 Å². The highest BCUT2D eigenvalue weighted by Crippen LogP contribution is 2.31. The fraction of sp³-hybridized carbons (Fsp3) is 0.533. The molecule has 0 saturated heterocycles. The molecule has 1 saturated carbocycles. The second-order valence-corrected chi connectivity index (χ2v) is 4.81. The van der Waals surface area contributed by atoms with Gasteiger partial charge in [-0.25, -0.2) is 0 Å². The zero-order valence-electron chi connectivity index (χ0n) is 10.5. The molecule has 90 valence electrons. The van der Waals surface area contributed by atoms with Crippen LogP contribution in [0, 0.1) is 11.3 Å². The van der Waals surface area contributed by atoms with Gasteiger partial charge in [0.25, 0.3) is 0 Å². The van der Waals surface area contributed by atoms with Crippen molar-refractivity contribution in [2.45, 2.75) is 51.2 Å². The number of benzene rings is 1. The summed E-state index contributed by atoms with van der Waals surface area (Å²) in [6.45, 7) is 3.17. The molecule has 2 nitrogen and oxygen atoms in total. The summed E-state index contributed by atoms with van der Waals surface area (Å²) in [5.74, 6) is 0. The molecule has 1 aliphatic carbocycles. The molecule has 1 aromatic rings. The molecule has 1 unspecified atom stereocenters.